The number of halogens is 1. The highest BCUT2D eigenvalue weighted by molar-refractivity contribution is 5.92. The highest BCUT2D eigenvalue weighted by Gasteiger charge is 2.09. The standard InChI is InChI=1S/C18H16FN5O/c19-14-6-4-13(5-7-14)11-23-18-21-10-8-16(24-18)17(25)22-12-15-3-1-2-9-20-15/h1-10H,11-12H2,(H,22,25)(H,21,23,24). The van der Waals surface area contributed by atoms with Crippen LogP contribution in [0, 0.1) is 5.82 Å². The van der Waals surface area contributed by atoms with Crippen LogP contribution < -0.4 is 10.6 Å². The van der Waals surface area contributed by atoms with Crippen LogP contribution in [0.1, 0.15) is 21.7 Å². The van der Waals surface area contributed by atoms with E-state index in [1.54, 1.807) is 18.3 Å². The van der Waals surface area contributed by atoms with E-state index in [0.717, 1.165) is 11.3 Å². The van der Waals surface area contributed by atoms with Crippen molar-refractivity contribution in [2.45, 2.75) is 13.1 Å². The van der Waals surface area contributed by atoms with Gasteiger partial charge >= 0.3 is 0 Å². The van der Waals surface area contributed by atoms with Crippen LogP contribution in [0.25, 0.3) is 0 Å². The Morgan fingerprint density at radius 2 is 1.80 bits per heavy atom. The van der Waals surface area contributed by atoms with E-state index in [4.69, 9.17) is 0 Å². The van der Waals surface area contributed by atoms with Gasteiger partial charge in [-0.1, -0.05) is 18.2 Å². The number of amides is 1. The highest BCUT2D eigenvalue weighted by atomic mass is 19.1. The first-order valence-corrected chi connectivity index (χ1v) is 7.70. The summed E-state index contributed by atoms with van der Waals surface area (Å²) in [5.41, 5.74) is 1.90. The molecule has 1 amide bonds. The molecule has 0 fully saturated rings. The average Bonchev–Trinajstić information content (AvgIpc) is 2.67. The zero-order valence-corrected chi connectivity index (χ0v) is 13.3. The van der Waals surface area contributed by atoms with Crippen LogP contribution in [-0.4, -0.2) is 20.9 Å². The number of nitrogens with zero attached hydrogens (tertiary/aromatic N) is 3. The minimum atomic E-state index is -0.308. The summed E-state index contributed by atoms with van der Waals surface area (Å²) in [6.45, 7) is 0.751. The first-order chi connectivity index (χ1) is 12.2. The summed E-state index contributed by atoms with van der Waals surface area (Å²) in [5.74, 6) is -0.265. The number of carbonyl (C=O) groups is 1. The summed E-state index contributed by atoms with van der Waals surface area (Å²) in [7, 11) is 0. The molecule has 3 aromatic rings. The minimum Gasteiger partial charge on any atom is -0.350 e. The average molecular weight is 337 g/mol. The maximum absolute atomic E-state index is 12.9. The van der Waals surface area contributed by atoms with Crippen LogP contribution in [0.4, 0.5) is 10.3 Å². The van der Waals surface area contributed by atoms with Crippen molar-refractivity contribution in [1.29, 1.82) is 0 Å². The number of aromatic nitrogens is 3. The third-order valence-corrected chi connectivity index (χ3v) is 3.41. The van der Waals surface area contributed by atoms with Crippen molar-refractivity contribution in [3.05, 3.63) is 83.7 Å². The molecule has 0 spiro atoms. The Bertz CT molecular complexity index is 840. The number of anilines is 1. The molecule has 7 heteroatoms. The Labute approximate surface area is 144 Å². The Hall–Kier alpha value is -3.35. The molecule has 0 aliphatic rings. The molecule has 126 valence electrons. The summed E-state index contributed by atoms with van der Waals surface area (Å²) in [4.78, 5) is 24.6. The van der Waals surface area contributed by atoms with Gasteiger partial charge in [0.1, 0.15) is 11.5 Å². The smallest absolute Gasteiger partial charge is 0.270 e. The second-order valence-corrected chi connectivity index (χ2v) is 5.25. The molecule has 2 N–H and O–H groups in total. The lowest BCUT2D eigenvalue weighted by Crippen LogP contribution is -2.24. The molecule has 0 aliphatic carbocycles. The normalized spacial score (nSPS) is 10.3. The molecular formula is C18H16FN5O. The lowest BCUT2D eigenvalue weighted by atomic mass is 10.2. The third kappa shape index (κ3) is 4.81. The van der Waals surface area contributed by atoms with E-state index in [1.165, 1.54) is 24.4 Å². The fraction of sp³-hybridized carbons (Fsp3) is 0.111. The van der Waals surface area contributed by atoms with E-state index in [-0.39, 0.29) is 17.4 Å². The predicted molar refractivity (Wildman–Crippen MR) is 91.2 cm³/mol. The van der Waals surface area contributed by atoms with Crippen LogP contribution in [0.3, 0.4) is 0 Å². The summed E-state index contributed by atoms with van der Waals surface area (Å²) >= 11 is 0. The predicted octanol–water partition coefficient (Wildman–Crippen LogP) is 2.55. The third-order valence-electron chi connectivity index (χ3n) is 3.41. The number of hydrogen-bond acceptors (Lipinski definition) is 5. The van der Waals surface area contributed by atoms with Gasteiger partial charge in [0.25, 0.3) is 5.91 Å². The lowest BCUT2D eigenvalue weighted by molar-refractivity contribution is 0.0945. The second kappa shape index (κ2) is 7.96. The summed E-state index contributed by atoms with van der Waals surface area (Å²) in [6, 6.07) is 13.2. The van der Waals surface area contributed by atoms with Gasteiger partial charge in [0, 0.05) is 18.9 Å². The Kier molecular flexibility index (Phi) is 5.26. The van der Waals surface area contributed by atoms with Crippen molar-refractivity contribution in [3.63, 3.8) is 0 Å². The molecule has 0 aliphatic heterocycles. The van der Waals surface area contributed by atoms with Gasteiger partial charge in [-0.3, -0.25) is 9.78 Å². The first-order valence-electron chi connectivity index (χ1n) is 7.70. The number of benzene rings is 1. The van der Waals surface area contributed by atoms with E-state index >= 15 is 0 Å². The molecule has 0 unspecified atom stereocenters. The SMILES string of the molecule is O=C(NCc1ccccn1)c1ccnc(NCc2ccc(F)cc2)n1. The lowest BCUT2D eigenvalue weighted by Gasteiger charge is -2.07. The van der Waals surface area contributed by atoms with E-state index < -0.39 is 0 Å². The number of carbonyl (C=O) groups excluding carboxylic acids is 1. The van der Waals surface area contributed by atoms with Crippen molar-refractivity contribution < 1.29 is 9.18 Å². The van der Waals surface area contributed by atoms with E-state index in [9.17, 15) is 9.18 Å². The summed E-state index contributed by atoms with van der Waals surface area (Å²) in [5, 5.41) is 5.77. The zero-order chi connectivity index (χ0) is 17.5. The van der Waals surface area contributed by atoms with Crippen LogP contribution in [0.2, 0.25) is 0 Å². The number of rotatable bonds is 6. The van der Waals surface area contributed by atoms with Gasteiger partial charge in [-0.25, -0.2) is 14.4 Å². The maximum Gasteiger partial charge on any atom is 0.270 e. The Morgan fingerprint density at radius 1 is 0.960 bits per heavy atom. The molecule has 2 heterocycles. The van der Waals surface area contributed by atoms with Gasteiger partial charge in [-0.15, -0.1) is 0 Å². The molecule has 0 radical (unpaired) electrons. The number of nitrogens with one attached hydrogen (secondary N) is 2. The fourth-order valence-electron chi connectivity index (χ4n) is 2.12. The molecule has 0 saturated carbocycles. The van der Waals surface area contributed by atoms with Gasteiger partial charge in [-0.05, 0) is 35.9 Å². The summed E-state index contributed by atoms with van der Waals surface area (Å²) < 4.78 is 12.9. The van der Waals surface area contributed by atoms with Gasteiger partial charge in [0.15, 0.2) is 0 Å². The molecule has 0 atom stereocenters. The van der Waals surface area contributed by atoms with Crippen molar-refractivity contribution in [1.82, 2.24) is 20.3 Å². The molecule has 6 nitrogen and oxygen atoms in total. The molecule has 0 bridgehead atoms. The molecule has 1 aromatic carbocycles. The molecule has 2 aromatic heterocycles. The van der Waals surface area contributed by atoms with Gasteiger partial charge in [-0.2, -0.15) is 0 Å². The van der Waals surface area contributed by atoms with Crippen LogP contribution in [-0.2, 0) is 13.1 Å². The van der Waals surface area contributed by atoms with E-state index in [2.05, 4.69) is 25.6 Å². The van der Waals surface area contributed by atoms with Crippen LogP contribution in [0.5, 0.6) is 0 Å². The zero-order valence-electron chi connectivity index (χ0n) is 13.3. The maximum atomic E-state index is 12.9. The quantitative estimate of drug-likeness (QED) is 0.723. The van der Waals surface area contributed by atoms with E-state index in [1.807, 2.05) is 18.2 Å². The minimum absolute atomic E-state index is 0.257. The number of hydrogen-bond donors (Lipinski definition) is 2. The largest absolute Gasteiger partial charge is 0.350 e. The van der Waals surface area contributed by atoms with Crippen molar-refractivity contribution in [3.8, 4) is 0 Å². The van der Waals surface area contributed by atoms with Crippen molar-refractivity contribution >= 4 is 11.9 Å². The topological polar surface area (TPSA) is 79.8 Å². The van der Waals surface area contributed by atoms with Crippen molar-refractivity contribution in [2.24, 2.45) is 0 Å². The summed E-state index contributed by atoms with van der Waals surface area (Å²) in [6.07, 6.45) is 3.18. The monoisotopic (exact) mass is 337 g/mol. The van der Waals surface area contributed by atoms with Crippen LogP contribution in [0.15, 0.2) is 60.9 Å². The molecule has 25 heavy (non-hydrogen) atoms. The second-order valence-electron chi connectivity index (χ2n) is 5.25. The van der Waals surface area contributed by atoms with Gasteiger partial charge < -0.3 is 10.6 Å². The molecule has 3 rings (SSSR count). The van der Waals surface area contributed by atoms with Gasteiger partial charge in [0.2, 0.25) is 5.95 Å². The molecule has 0 saturated heterocycles. The van der Waals surface area contributed by atoms with E-state index in [0.29, 0.717) is 19.0 Å². The Morgan fingerprint density at radius 3 is 2.56 bits per heavy atom. The highest BCUT2D eigenvalue weighted by Crippen LogP contribution is 2.06. The van der Waals surface area contributed by atoms with Gasteiger partial charge in [0.05, 0.1) is 12.2 Å². The number of pyridine rings is 1. The fourth-order valence-corrected chi connectivity index (χ4v) is 2.12. The van der Waals surface area contributed by atoms with Crippen molar-refractivity contribution in [2.75, 3.05) is 5.32 Å². The van der Waals surface area contributed by atoms with Crippen LogP contribution >= 0.6 is 0 Å². The molecular weight excluding hydrogens is 321 g/mol. The Balaban J connectivity index is 1.58. The first kappa shape index (κ1) is 16.5.